The molecule has 2 aromatic rings. The first-order valence-corrected chi connectivity index (χ1v) is 7.80. The third kappa shape index (κ3) is 3.38. The summed E-state index contributed by atoms with van der Waals surface area (Å²) in [6, 6.07) is 11.3. The monoisotopic (exact) mass is 360 g/mol. The third-order valence-corrected chi connectivity index (χ3v) is 5.04. The molecule has 102 valence electrons. The number of benzene rings is 1. The Kier molecular flexibility index (Phi) is 5.03. The Morgan fingerprint density at radius 1 is 1.16 bits per heavy atom. The van der Waals surface area contributed by atoms with Gasteiger partial charge in [-0.1, -0.05) is 23.7 Å². The lowest BCUT2D eigenvalue weighted by Crippen LogP contribution is -2.37. The number of aliphatic hydroxyl groups is 2. The number of hydrogen-bond donors (Lipinski definition) is 2. The summed E-state index contributed by atoms with van der Waals surface area (Å²) in [4.78, 5) is 1.11. The van der Waals surface area contributed by atoms with Crippen LogP contribution in [0, 0.1) is 0 Å². The summed E-state index contributed by atoms with van der Waals surface area (Å²) in [7, 11) is 0. The molecule has 0 spiro atoms. The molecule has 0 aliphatic rings. The van der Waals surface area contributed by atoms with Crippen molar-refractivity contribution in [3.8, 4) is 0 Å². The number of aliphatic hydroxyl groups excluding tert-OH is 2. The highest BCUT2D eigenvalue weighted by Crippen LogP contribution is 2.33. The molecule has 0 saturated heterocycles. The predicted molar refractivity (Wildman–Crippen MR) is 83.0 cm³/mol. The van der Waals surface area contributed by atoms with E-state index in [0.29, 0.717) is 11.4 Å². The van der Waals surface area contributed by atoms with E-state index in [9.17, 15) is 10.2 Å². The van der Waals surface area contributed by atoms with Crippen LogP contribution in [0.3, 0.4) is 0 Å². The van der Waals surface area contributed by atoms with E-state index < -0.39 is 5.41 Å². The summed E-state index contributed by atoms with van der Waals surface area (Å²) in [6.45, 7) is -0.251. The predicted octanol–water partition coefficient (Wildman–Crippen LogP) is 3.63. The first kappa shape index (κ1) is 15.0. The van der Waals surface area contributed by atoms with Crippen molar-refractivity contribution in [2.45, 2.75) is 11.8 Å². The lowest BCUT2D eigenvalue weighted by atomic mass is 9.78. The summed E-state index contributed by atoms with van der Waals surface area (Å²) in [6.07, 6.45) is 0.580. The molecule has 5 heteroatoms. The average Bonchev–Trinajstić information content (AvgIpc) is 2.81. The summed E-state index contributed by atoms with van der Waals surface area (Å²) in [5.41, 5.74) is 0.157. The number of rotatable bonds is 5. The Labute approximate surface area is 129 Å². The van der Waals surface area contributed by atoms with Gasteiger partial charge < -0.3 is 10.2 Å². The molecule has 0 amide bonds. The third-order valence-electron chi connectivity index (χ3n) is 3.18. The van der Waals surface area contributed by atoms with E-state index in [2.05, 4.69) is 15.9 Å². The van der Waals surface area contributed by atoms with Gasteiger partial charge in [-0.15, -0.1) is 11.3 Å². The van der Waals surface area contributed by atoms with Crippen LogP contribution in [0.2, 0.25) is 5.02 Å². The lowest BCUT2D eigenvalue weighted by molar-refractivity contribution is 0.117. The Morgan fingerprint density at radius 2 is 1.89 bits per heavy atom. The quantitative estimate of drug-likeness (QED) is 0.854. The van der Waals surface area contributed by atoms with Crippen LogP contribution in [0.15, 0.2) is 40.2 Å². The lowest BCUT2D eigenvalue weighted by Gasteiger charge is -2.30. The first-order chi connectivity index (χ1) is 9.09. The average molecular weight is 362 g/mol. The van der Waals surface area contributed by atoms with E-state index >= 15 is 0 Å². The molecule has 1 aromatic carbocycles. The van der Waals surface area contributed by atoms with Gasteiger partial charge in [0.25, 0.3) is 0 Å². The normalized spacial score (nSPS) is 11.8. The molecule has 0 unspecified atom stereocenters. The maximum atomic E-state index is 9.78. The van der Waals surface area contributed by atoms with E-state index in [4.69, 9.17) is 11.6 Å². The molecule has 2 N–H and O–H groups in total. The van der Waals surface area contributed by atoms with Crippen LogP contribution in [0.1, 0.15) is 10.4 Å². The van der Waals surface area contributed by atoms with Gasteiger partial charge in [0.05, 0.1) is 17.0 Å². The fourth-order valence-electron chi connectivity index (χ4n) is 2.05. The minimum atomic E-state index is -0.699. The molecule has 2 nitrogen and oxygen atoms in total. The molecule has 0 atom stereocenters. The molecule has 19 heavy (non-hydrogen) atoms. The molecular formula is C14H14BrClO2S. The zero-order valence-corrected chi connectivity index (χ0v) is 13.3. The zero-order valence-electron chi connectivity index (χ0n) is 10.1. The van der Waals surface area contributed by atoms with Crippen molar-refractivity contribution >= 4 is 38.9 Å². The van der Waals surface area contributed by atoms with Gasteiger partial charge in [-0.2, -0.15) is 0 Å². The van der Waals surface area contributed by atoms with Crippen molar-refractivity contribution in [2.75, 3.05) is 13.2 Å². The van der Waals surface area contributed by atoms with Gasteiger partial charge in [-0.3, -0.25) is 0 Å². The summed E-state index contributed by atoms with van der Waals surface area (Å²) >= 11 is 11.0. The minimum absolute atomic E-state index is 0.126. The fourth-order valence-corrected chi connectivity index (χ4v) is 3.86. The van der Waals surface area contributed by atoms with E-state index in [1.165, 1.54) is 0 Å². The molecule has 2 rings (SSSR count). The SMILES string of the molecule is OCC(CO)(Cc1ccc(Br)s1)c1cccc(Cl)c1. The summed E-state index contributed by atoms with van der Waals surface area (Å²) in [5.74, 6) is 0. The first-order valence-electron chi connectivity index (χ1n) is 5.81. The summed E-state index contributed by atoms with van der Waals surface area (Å²) in [5, 5.41) is 20.2. The van der Waals surface area contributed by atoms with Crippen molar-refractivity contribution in [1.29, 1.82) is 0 Å². The van der Waals surface area contributed by atoms with Gasteiger partial charge in [0.15, 0.2) is 0 Å². The van der Waals surface area contributed by atoms with Crippen molar-refractivity contribution in [3.05, 3.63) is 55.6 Å². The minimum Gasteiger partial charge on any atom is -0.395 e. The Morgan fingerprint density at radius 3 is 2.42 bits per heavy atom. The van der Waals surface area contributed by atoms with Crippen LogP contribution in [0.5, 0.6) is 0 Å². The van der Waals surface area contributed by atoms with Crippen LogP contribution < -0.4 is 0 Å². The highest BCUT2D eigenvalue weighted by Gasteiger charge is 2.32. The van der Waals surface area contributed by atoms with Gasteiger partial charge >= 0.3 is 0 Å². The van der Waals surface area contributed by atoms with Gasteiger partial charge in [0.1, 0.15) is 0 Å². The highest BCUT2D eigenvalue weighted by atomic mass is 79.9. The molecular weight excluding hydrogens is 348 g/mol. The maximum Gasteiger partial charge on any atom is 0.0701 e. The Hall–Kier alpha value is -0.390. The van der Waals surface area contributed by atoms with Crippen LogP contribution in [-0.2, 0) is 11.8 Å². The van der Waals surface area contributed by atoms with Gasteiger partial charge in [0, 0.05) is 15.3 Å². The van der Waals surface area contributed by atoms with Crippen molar-refractivity contribution in [1.82, 2.24) is 0 Å². The van der Waals surface area contributed by atoms with Crippen molar-refractivity contribution < 1.29 is 10.2 Å². The number of thiophene rings is 1. The summed E-state index contributed by atoms with van der Waals surface area (Å²) < 4.78 is 1.04. The van der Waals surface area contributed by atoms with Gasteiger partial charge in [-0.25, -0.2) is 0 Å². The van der Waals surface area contributed by atoms with E-state index in [1.54, 1.807) is 23.5 Å². The molecule has 0 aliphatic heterocycles. The van der Waals surface area contributed by atoms with Crippen molar-refractivity contribution in [3.63, 3.8) is 0 Å². The molecule has 0 saturated carbocycles. The second kappa shape index (κ2) is 6.37. The van der Waals surface area contributed by atoms with Gasteiger partial charge in [0.2, 0.25) is 0 Å². The molecule has 1 heterocycles. The molecule has 0 radical (unpaired) electrons. The second-order valence-electron chi connectivity index (χ2n) is 4.49. The molecule has 0 aliphatic carbocycles. The van der Waals surface area contributed by atoms with Crippen LogP contribution in [-0.4, -0.2) is 23.4 Å². The van der Waals surface area contributed by atoms with Crippen molar-refractivity contribution in [2.24, 2.45) is 0 Å². The zero-order chi connectivity index (χ0) is 13.9. The molecule has 0 bridgehead atoms. The number of halogens is 2. The van der Waals surface area contributed by atoms with Crippen LogP contribution in [0.25, 0.3) is 0 Å². The fraction of sp³-hybridized carbons (Fsp3) is 0.286. The van der Waals surface area contributed by atoms with E-state index in [-0.39, 0.29) is 13.2 Å². The Balaban J connectivity index is 2.37. The van der Waals surface area contributed by atoms with Crippen LogP contribution in [0.4, 0.5) is 0 Å². The highest BCUT2D eigenvalue weighted by molar-refractivity contribution is 9.11. The molecule has 0 fully saturated rings. The topological polar surface area (TPSA) is 40.5 Å². The van der Waals surface area contributed by atoms with E-state index in [0.717, 1.165) is 14.2 Å². The van der Waals surface area contributed by atoms with Crippen LogP contribution >= 0.6 is 38.9 Å². The smallest absolute Gasteiger partial charge is 0.0701 e. The standard InChI is InChI=1S/C14H14BrClO2S/c15-13-5-4-12(19-13)7-14(8-17,9-18)10-2-1-3-11(16)6-10/h1-6,17-18H,7-9H2. The van der Waals surface area contributed by atoms with Gasteiger partial charge in [-0.05, 0) is 52.2 Å². The largest absolute Gasteiger partial charge is 0.395 e. The Bertz CT molecular complexity index is 552. The second-order valence-corrected chi connectivity index (χ2v) is 7.47. The number of hydrogen-bond acceptors (Lipinski definition) is 3. The maximum absolute atomic E-state index is 9.78. The van der Waals surface area contributed by atoms with E-state index in [1.807, 2.05) is 24.3 Å². The molecule has 1 aromatic heterocycles.